The monoisotopic (exact) mass is 144 g/mol. The summed E-state index contributed by atoms with van der Waals surface area (Å²) in [6, 6.07) is 0. The van der Waals surface area contributed by atoms with E-state index in [2.05, 4.69) is 33.9 Å². The van der Waals surface area contributed by atoms with Gasteiger partial charge in [-0.2, -0.15) is 0 Å². The van der Waals surface area contributed by atoms with Crippen LogP contribution >= 0.6 is 0 Å². The predicted octanol–water partition coefficient (Wildman–Crippen LogP) is 2.68. The molecular formula is C7H16OSi. The van der Waals surface area contributed by atoms with E-state index in [-0.39, 0.29) is 5.04 Å². The highest BCUT2D eigenvalue weighted by atomic mass is 28.4. The lowest BCUT2D eigenvalue weighted by Gasteiger charge is -2.34. The van der Waals surface area contributed by atoms with Crippen LogP contribution in [0.3, 0.4) is 0 Å². The molecule has 9 heavy (non-hydrogen) atoms. The fourth-order valence-corrected chi connectivity index (χ4v) is 0.530. The van der Waals surface area contributed by atoms with E-state index in [1.54, 1.807) is 0 Å². The normalized spacial score (nSPS) is 14.0. The Morgan fingerprint density at radius 2 is 1.56 bits per heavy atom. The molecule has 0 saturated heterocycles. The first-order valence-corrected chi connectivity index (χ1v) is 6.10. The standard InChI is InChI=1S/C7H16OSi/c1-7(2,3)9(5,6)8-4/h4H,1-3,5-6H3. The van der Waals surface area contributed by atoms with E-state index in [1.807, 2.05) is 0 Å². The van der Waals surface area contributed by atoms with Crippen molar-refractivity contribution in [3.63, 3.8) is 0 Å². The summed E-state index contributed by atoms with van der Waals surface area (Å²) in [5, 5.41) is 0.238. The van der Waals surface area contributed by atoms with Crippen molar-refractivity contribution < 1.29 is 4.43 Å². The second-order valence-corrected chi connectivity index (χ2v) is 8.63. The highest BCUT2D eigenvalue weighted by Gasteiger charge is 2.35. The van der Waals surface area contributed by atoms with Crippen molar-refractivity contribution in [3.8, 4) is 0 Å². The van der Waals surface area contributed by atoms with E-state index in [4.69, 9.17) is 11.5 Å². The van der Waals surface area contributed by atoms with E-state index in [0.29, 0.717) is 0 Å². The summed E-state index contributed by atoms with van der Waals surface area (Å²) in [4.78, 5) is 0. The molecule has 0 aliphatic rings. The molecule has 0 heterocycles. The maximum atomic E-state index is 5.15. The summed E-state index contributed by atoms with van der Waals surface area (Å²) in [6.45, 7) is 10.7. The maximum Gasteiger partial charge on any atom is 0.192 e. The van der Waals surface area contributed by atoms with E-state index in [1.165, 1.54) is 0 Å². The van der Waals surface area contributed by atoms with Crippen molar-refractivity contribution in [2.75, 3.05) is 0 Å². The minimum Gasteiger partial charge on any atom is -0.409 e. The van der Waals surface area contributed by atoms with Gasteiger partial charge in [0.2, 0.25) is 0 Å². The van der Waals surface area contributed by atoms with Gasteiger partial charge < -0.3 is 4.43 Å². The summed E-state index contributed by atoms with van der Waals surface area (Å²) < 4.78 is 4.94. The Hall–Kier alpha value is 0.177. The zero-order valence-corrected chi connectivity index (χ0v) is 7.99. The first-order chi connectivity index (χ1) is 3.81. The second kappa shape index (κ2) is 2.43. The third-order valence-corrected chi connectivity index (χ3v) is 6.30. The van der Waals surface area contributed by atoms with Crippen molar-refractivity contribution >= 4 is 8.32 Å². The molecule has 0 fully saturated rings. The van der Waals surface area contributed by atoms with Crippen LogP contribution < -0.4 is 0 Å². The topological polar surface area (TPSA) is 9.23 Å². The van der Waals surface area contributed by atoms with Crippen LogP contribution in [0.2, 0.25) is 18.1 Å². The molecule has 0 atom stereocenters. The minimum absolute atomic E-state index is 0.238. The Morgan fingerprint density at radius 1 is 1.22 bits per heavy atom. The van der Waals surface area contributed by atoms with Crippen molar-refractivity contribution in [1.82, 2.24) is 0 Å². The van der Waals surface area contributed by atoms with Gasteiger partial charge in [-0.15, -0.1) is 0 Å². The molecule has 1 nitrogen and oxygen atoms in total. The van der Waals surface area contributed by atoms with Crippen LogP contribution in [0.4, 0.5) is 0 Å². The molecule has 0 spiro atoms. The molecule has 2 heteroatoms. The lowest BCUT2D eigenvalue weighted by molar-refractivity contribution is 0.423. The molecule has 0 N–H and O–H groups in total. The van der Waals surface area contributed by atoms with Gasteiger partial charge in [0.15, 0.2) is 8.32 Å². The highest BCUT2D eigenvalue weighted by molar-refractivity contribution is 6.74. The average molecular weight is 144 g/mol. The van der Waals surface area contributed by atoms with Crippen molar-refractivity contribution in [2.45, 2.75) is 38.9 Å². The van der Waals surface area contributed by atoms with Gasteiger partial charge in [-0.3, -0.25) is 0 Å². The molecule has 0 amide bonds. The Labute approximate surface area is 59.5 Å². The quantitative estimate of drug-likeness (QED) is 0.514. The summed E-state index contributed by atoms with van der Waals surface area (Å²) in [5.41, 5.74) is 0. The first-order valence-electron chi connectivity index (χ1n) is 3.19. The smallest absolute Gasteiger partial charge is 0.192 e. The lowest BCUT2D eigenvalue weighted by atomic mass is 10.2. The summed E-state index contributed by atoms with van der Waals surface area (Å²) in [6.07, 6.45) is 0. The van der Waals surface area contributed by atoms with Crippen LogP contribution in [-0.2, 0) is 4.43 Å². The van der Waals surface area contributed by atoms with E-state index in [0.717, 1.165) is 0 Å². The molecule has 0 aromatic carbocycles. The summed E-state index contributed by atoms with van der Waals surface area (Å²) in [7, 11) is 3.55. The summed E-state index contributed by atoms with van der Waals surface area (Å²) >= 11 is 0. The van der Waals surface area contributed by atoms with Crippen LogP contribution in [0.1, 0.15) is 20.8 Å². The van der Waals surface area contributed by atoms with Gasteiger partial charge in [0.1, 0.15) is 7.11 Å². The molecule has 0 rings (SSSR count). The van der Waals surface area contributed by atoms with Gasteiger partial charge in [0, 0.05) is 0 Å². The van der Waals surface area contributed by atoms with Crippen LogP contribution in [-0.4, -0.2) is 8.32 Å². The fourth-order valence-electron chi connectivity index (χ4n) is 0.177. The Balaban J connectivity index is 4.14. The van der Waals surface area contributed by atoms with Crippen molar-refractivity contribution in [2.24, 2.45) is 0 Å². The Kier molecular flexibility index (Phi) is 2.47. The van der Waals surface area contributed by atoms with Crippen molar-refractivity contribution in [3.05, 3.63) is 7.11 Å². The largest absolute Gasteiger partial charge is 0.409 e. The van der Waals surface area contributed by atoms with E-state index < -0.39 is 8.32 Å². The van der Waals surface area contributed by atoms with E-state index >= 15 is 0 Å². The highest BCUT2D eigenvalue weighted by Crippen LogP contribution is 2.35. The third kappa shape index (κ3) is 2.10. The van der Waals surface area contributed by atoms with Gasteiger partial charge in [0.25, 0.3) is 0 Å². The van der Waals surface area contributed by atoms with E-state index in [9.17, 15) is 0 Å². The van der Waals surface area contributed by atoms with Crippen LogP contribution in [0, 0.1) is 7.11 Å². The molecule has 0 aliphatic heterocycles. The zero-order valence-electron chi connectivity index (χ0n) is 6.99. The maximum absolute atomic E-state index is 5.15. The zero-order chi connectivity index (χ0) is 7.71. The van der Waals surface area contributed by atoms with Gasteiger partial charge >= 0.3 is 0 Å². The van der Waals surface area contributed by atoms with Crippen molar-refractivity contribution in [1.29, 1.82) is 0 Å². The van der Waals surface area contributed by atoms with Crippen LogP contribution in [0.15, 0.2) is 0 Å². The summed E-state index contributed by atoms with van der Waals surface area (Å²) in [5.74, 6) is 0. The first kappa shape index (κ1) is 9.18. The molecule has 0 saturated carbocycles. The van der Waals surface area contributed by atoms with Gasteiger partial charge in [-0.1, -0.05) is 20.8 Å². The molecule has 0 aliphatic carbocycles. The van der Waals surface area contributed by atoms with Crippen LogP contribution in [0.25, 0.3) is 0 Å². The molecule has 0 bridgehead atoms. The Bertz CT molecular complexity index is 91.6. The molecule has 0 unspecified atom stereocenters. The average Bonchev–Trinajstić information content (AvgIpc) is 1.64. The third-order valence-electron chi connectivity index (χ3n) is 2.10. The van der Waals surface area contributed by atoms with Gasteiger partial charge in [-0.25, -0.2) is 0 Å². The SMILES string of the molecule is [CH]O[Si](C)(C)C(C)(C)C. The predicted molar refractivity (Wildman–Crippen MR) is 42.6 cm³/mol. The second-order valence-electron chi connectivity index (χ2n) is 3.88. The fraction of sp³-hybridized carbons (Fsp3) is 0.857. The molecule has 54 valence electrons. The number of rotatable bonds is 1. The molecule has 2 radical (unpaired) electrons. The number of hydrogen-bond donors (Lipinski definition) is 0. The molecular weight excluding hydrogens is 128 g/mol. The van der Waals surface area contributed by atoms with Gasteiger partial charge in [0.05, 0.1) is 0 Å². The number of hydrogen-bond acceptors (Lipinski definition) is 1. The minimum atomic E-state index is -1.60. The lowest BCUT2D eigenvalue weighted by Crippen LogP contribution is -2.38. The van der Waals surface area contributed by atoms with Gasteiger partial charge in [-0.05, 0) is 18.1 Å². The molecule has 0 aromatic heterocycles. The molecule has 0 aromatic rings. The Morgan fingerprint density at radius 3 is 1.56 bits per heavy atom. The van der Waals surface area contributed by atoms with Crippen LogP contribution in [0.5, 0.6) is 0 Å².